The second-order valence-electron chi connectivity index (χ2n) is 26.1. The average Bonchev–Trinajstić information content (AvgIpc) is 3.64. The van der Waals surface area contributed by atoms with Crippen LogP contribution in [0.5, 0.6) is 0 Å². The maximum atomic E-state index is 12.4. The summed E-state index contributed by atoms with van der Waals surface area (Å²) in [7, 11) is 0. The van der Waals surface area contributed by atoms with E-state index >= 15 is 0 Å². The van der Waals surface area contributed by atoms with E-state index in [0.717, 1.165) is 109 Å². The Labute approximate surface area is 571 Å². The lowest BCUT2D eigenvalue weighted by atomic mass is 10.0. The molecule has 5 nitrogen and oxygen atoms in total. The van der Waals surface area contributed by atoms with E-state index in [1.165, 1.54) is 238 Å². The van der Waals surface area contributed by atoms with E-state index in [2.05, 4.69) is 160 Å². The predicted molar refractivity (Wildman–Crippen MR) is 408 cm³/mol. The molecule has 1 unspecified atom stereocenters. The van der Waals surface area contributed by atoms with E-state index < -0.39 is 6.10 Å². The summed E-state index contributed by atoms with van der Waals surface area (Å²) in [6.07, 6.45) is 122. The maximum Gasteiger partial charge on any atom is 0.306 e. The number of allylic oxidation sites excluding steroid dienone is 24. The van der Waals surface area contributed by atoms with Crippen LogP contribution in [0.1, 0.15) is 373 Å². The number of hydrogen-bond acceptors (Lipinski definition) is 5. The van der Waals surface area contributed by atoms with E-state index in [4.69, 9.17) is 9.47 Å². The van der Waals surface area contributed by atoms with Crippen LogP contribution in [0.25, 0.3) is 0 Å². The molecule has 0 fully saturated rings. The van der Waals surface area contributed by atoms with Crippen LogP contribution in [0.4, 0.5) is 0 Å². The Morgan fingerprint density at radius 3 is 0.707 bits per heavy atom. The van der Waals surface area contributed by atoms with E-state index in [1.807, 2.05) is 0 Å². The van der Waals surface area contributed by atoms with Gasteiger partial charge in [0, 0.05) is 12.8 Å². The molecule has 0 aromatic rings. The van der Waals surface area contributed by atoms with Crippen molar-refractivity contribution >= 4 is 11.9 Å². The van der Waals surface area contributed by atoms with Crippen molar-refractivity contribution in [3.8, 4) is 0 Å². The van der Waals surface area contributed by atoms with Crippen molar-refractivity contribution in [3.05, 3.63) is 146 Å². The van der Waals surface area contributed by atoms with Crippen molar-refractivity contribution in [2.75, 3.05) is 13.2 Å². The molecule has 0 radical (unpaired) electrons. The quantitative estimate of drug-likeness (QED) is 0.0373. The fourth-order valence-electron chi connectivity index (χ4n) is 11.3. The summed E-state index contributed by atoms with van der Waals surface area (Å²) in [4.78, 5) is 24.7. The topological polar surface area (TPSA) is 72.8 Å². The molecule has 92 heavy (non-hydrogen) atoms. The van der Waals surface area contributed by atoms with E-state index in [-0.39, 0.29) is 25.2 Å². The molecule has 0 aliphatic heterocycles. The number of rotatable bonds is 72. The highest BCUT2D eigenvalue weighted by Crippen LogP contribution is 2.18. The smallest absolute Gasteiger partial charge is 0.306 e. The third kappa shape index (κ3) is 78.2. The number of unbranched alkanes of at least 4 members (excludes halogenated alkanes) is 40. The van der Waals surface area contributed by atoms with Crippen molar-refractivity contribution < 1.29 is 24.2 Å². The molecule has 0 amide bonds. The van der Waals surface area contributed by atoms with E-state index in [9.17, 15) is 14.7 Å². The van der Waals surface area contributed by atoms with Gasteiger partial charge in [-0.2, -0.15) is 0 Å². The zero-order chi connectivity index (χ0) is 66.1. The number of aliphatic hydroxyl groups is 1. The zero-order valence-electron chi connectivity index (χ0n) is 60.5. The van der Waals surface area contributed by atoms with Gasteiger partial charge in [0.05, 0.1) is 6.61 Å². The van der Waals surface area contributed by atoms with Gasteiger partial charge < -0.3 is 14.6 Å². The minimum atomic E-state index is -0.783. The van der Waals surface area contributed by atoms with Gasteiger partial charge in [-0.05, 0) is 122 Å². The molecular formula is C87H148O5. The van der Waals surface area contributed by atoms with Crippen molar-refractivity contribution in [2.24, 2.45) is 0 Å². The van der Waals surface area contributed by atoms with Crippen LogP contribution in [0.2, 0.25) is 0 Å². The lowest BCUT2D eigenvalue weighted by molar-refractivity contribution is -0.161. The first-order valence-electron chi connectivity index (χ1n) is 39.4. The van der Waals surface area contributed by atoms with Gasteiger partial charge in [0.15, 0.2) is 6.10 Å². The number of esters is 2. The highest BCUT2D eigenvalue weighted by atomic mass is 16.6. The molecule has 0 aromatic carbocycles. The Balaban J connectivity index is 3.49. The minimum Gasteiger partial charge on any atom is -0.462 e. The first-order valence-corrected chi connectivity index (χ1v) is 39.4. The molecule has 0 rings (SSSR count). The van der Waals surface area contributed by atoms with Gasteiger partial charge >= 0.3 is 11.9 Å². The van der Waals surface area contributed by atoms with E-state index in [1.54, 1.807) is 0 Å². The molecule has 526 valence electrons. The minimum absolute atomic E-state index is 0.0704. The van der Waals surface area contributed by atoms with Crippen LogP contribution in [-0.4, -0.2) is 36.4 Å². The third-order valence-electron chi connectivity index (χ3n) is 17.1. The summed E-state index contributed by atoms with van der Waals surface area (Å²) in [5.74, 6) is -0.587. The van der Waals surface area contributed by atoms with Gasteiger partial charge in [-0.25, -0.2) is 0 Å². The molecule has 5 heteroatoms. The molecule has 1 N–H and O–H groups in total. The molecule has 0 heterocycles. The summed E-state index contributed by atoms with van der Waals surface area (Å²) in [5, 5.41) is 9.73. The number of hydrogen-bond donors (Lipinski definition) is 1. The molecule has 0 aromatic heterocycles. The van der Waals surface area contributed by atoms with Crippen LogP contribution in [0.3, 0.4) is 0 Å². The first-order chi connectivity index (χ1) is 45.6. The predicted octanol–water partition coefficient (Wildman–Crippen LogP) is 28.0. The van der Waals surface area contributed by atoms with Crippen LogP contribution in [0.15, 0.2) is 146 Å². The Hall–Kier alpha value is -4.22. The molecular weight excluding hydrogens is 1120 g/mol. The van der Waals surface area contributed by atoms with Crippen molar-refractivity contribution in [1.82, 2.24) is 0 Å². The zero-order valence-corrected chi connectivity index (χ0v) is 60.5. The number of aliphatic hydroxyl groups excluding tert-OH is 1. The van der Waals surface area contributed by atoms with E-state index in [0.29, 0.717) is 12.8 Å². The van der Waals surface area contributed by atoms with Gasteiger partial charge in [-0.15, -0.1) is 0 Å². The Morgan fingerprint density at radius 1 is 0.261 bits per heavy atom. The largest absolute Gasteiger partial charge is 0.462 e. The molecule has 0 aliphatic carbocycles. The summed E-state index contributed by atoms with van der Waals surface area (Å²) in [6, 6.07) is 0. The highest BCUT2D eigenvalue weighted by molar-refractivity contribution is 5.70. The number of ether oxygens (including phenoxy) is 2. The molecule has 0 spiro atoms. The van der Waals surface area contributed by atoms with Crippen LogP contribution >= 0.6 is 0 Å². The summed E-state index contributed by atoms with van der Waals surface area (Å²) in [6.45, 7) is 4.04. The average molecular weight is 1270 g/mol. The lowest BCUT2D eigenvalue weighted by Gasteiger charge is -2.15. The summed E-state index contributed by atoms with van der Waals surface area (Å²) in [5.41, 5.74) is 0. The van der Waals surface area contributed by atoms with Crippen molar-refractivity contribution in [1.29, 1.82) is 0 Å². The first kappa shape index (κ1) is 87.8. The molecule has 0 bridgehead atoms. The van der Waals surface area contributed by atoms with Crippen molar-refractivity contribution in [3.63, 3.8) is 0 Å². The van der Waals surface area contributed by atoms with Gasteiger partial charge in [-0.1, -0.05) is 384 Å². The highest BCUT2D eigenvalue weighted by Gasteiger charge is 2.16. The number of carbonyl (C=O) groups is 2. The molecule has 0 aliphatic rings. The lowest BCUT2D eigenvalue weighted by Crippen LogP contribution is -2.28. The standard InChI is InChI=1S/C87H148O5/c1-3-5-7-9-11-13-15-17-19-21-23-25-27-29-31-33-35-37-39-41-42-43-44-46-48-50-52-54-56-58-60-62-64-66-68-70-72-74-76-78-80-82-87(90)92-85(83-88)84-91-86(89)81-79-77-75-73-71-69-67-65-63-61-59-57-55-53-51-49-47-45-40-38-36-34-32-30-28-26-24-22-20-18-16-14-12-10-8-6-4-2/h5,7,11,13,16-19,22-25,29,31,35,37,41-42,44,46,50,52,56,58,85,88H,3-4,6,8-10,12,14-15,20-21,26-28,30,32-34,36,38-40,43,45,47-49,51,53-55,57,59-84H2,1-2H3/b7-5-,13-11-,18-16-,19-17-,24-22-,25-23-,31-29-,37-35-,42-41-,46-44-,52-50-,58-56-. The second kappa shape index (κ2) is 81.0. The Kier molecular flexibility index (Phi) is 77.3. The van der Waals surface area contributed by atoms with Gasteiger partial charge in [0.1, 0.15) is 6.61 Å². The van der Waals surface area contributed by atoms with Crippen LogP contribution < -0.4 is 0 Å². The maximum absolute atomic E-state index is 12.4. The molecule has 0 saturated heterocycles. The molecule has 1 atom stereocenters. The fraction of sp³-hybridized carbons (Fsp3) is 0.701. The fourth-order valence-corrected chi connectivity index (χ4v) is 11.3. The van der Waals surface area contributed by atoms with Gasteiger partial charge in [-0.3, -0.25) is 9.59 Å². The van der Waals surface area contributed by atoms with Crippen molar-refractivity contribution in [2.45, 2.75) is 380 Å². The van der Waals surface area contributed by atoms with Gasteiger partial charge in [0.25, 0.3) is 0 Å². The van der Waals surface area contributed by atoms with Gasteiger partial charge in [0.2, 0.25) is 0 Å². The Morgan fingerprint density at radius 2 is 0.467 bits per heavy atom. The second-order valence-corrected chi connectivity index (χ2v) is 26.1. The SMILES string of the molecule is CC/C=C\C/C=C\C/C=C\C/C=C\C/C=C\C/C=C\C/C=C\C/C=C\C/C=C\C/C=C\CCCCCCCCCCCCC(=O)OC(CO)COC(=O)CCCCCCCCCCCCCCCCCCCCCCCCCCC/C=C\C/C=C\CCCCCCC. The monoisotopic (exact) mass is 1270 g/mol. The normalized spacial score (nSPS) is 13.0. The number of carbonyl (C=O) groups excluding carboxylic acids is 2. The van der Waals surface area contributed by atoms with Crippen LogP contribution in [0, 0.1) is 0 Å². The Bertz CT molecular complexity index is 1880. The summed E-state index contributed by atoms with van der Waals surface area (Å²) >= 11 is 0. The van der Waals surface area contributed by atoms with Crippen LogP contribution in [-0.2, 0) is 19.1 Å². The third-order valence-corrected chi connectivity index (χ3v) is 17.1. The summed E-state index contributed by atoms with van der Waals surface area (Å²) < 4.78 is 10.8. The molecule has 0 saturated carbocycles.